The van der Waals surface area contributed by atoms with Crippen molar-refractivity contribution < 1.29 is 14.0 Å². The third-order valence-corrected chi connectivity index (χ3v) is 5.30. The molecule has 2 amide bonds. The van der Waals surface area contributed by atoms with E-state index in [1.807, 2.05) is 0 Å². The van der Waals surface area contributed by atoms with E-state index in [2.05, 4.69) is 9.88 Å². The first-order valence-electron chi connectivity index (χ1n) is 8.35. The summed E-state index contributed by atoms with van der Waals surface area (Å²) in [5.41, 5.74) is 0.0874. The van der Waals surface area contributed by atoms with Crippen LogP contribution in [0.25, 0.3) is 0 Å². The van der Waals surface area contributed by atoms with Crippen LogP contribution in [0.15, 0.2) is 18.5 Å². The minimum Gasteiger partial charge on any atom is -0.338 e. The molecule has 2 aliphatic heterocycles. The molecule has 5 nitrogen and oxygen atoms in total. The number of hydrogen-bond donors (Lipinski definition) is 0. The summed E-state index contributed by atoms with van der Waals surface area (Å²) in [6, 6.07) is 2.12. The Balaban J connectivity index is 1.50. The van der Waals surface area contributed by atoms with Crippen molar-refractivity contribution in [1.29, 1.82) is 0 Å². The molecule has 1 aliphatic carbocycles. The zero-order chi connectivity index (χ0) is 16.0. The lowest BCUT2D eigenvalue weighted by atomic mass is 9.83. The minimum atomic E-state index is -0.571. The molecular weight excluding hydrogens is 297 g/mol. The van der Waals surface area contributed by atoms with Gasteiger partial charge in [0, 0.05) is 37.8 Å². The molecule has 0 N–H and O–H groups in total. The van der Waals surface area contributed by atoms with Crippen molar-refractivity contribution in [3.05, 3.63) is 29.8 Å². The normalized spacial score (nSPS) is 27.8. The van der Waals surface area contributed by atoms with E-state index in [4.69, 9.17) is 0 Å². The summed E-state index contributed by atoms with van der Waals surface area (Å²) in [6.45, 7) is 1.19. The lowest BCUT2D eigenvalue weighted by Crippen LogP contribution is -2.57. The summed E-state index contributed by atoms with van der Waals surface area (Å²) in [6.07, 6.45) is 6.94. The number of aromatic nitrogens is 1. The average Bonchev–Trinajstić information content (AvgIpc) is 3.39. The second-order valence-electron chi connectivity index (χ2n) is 6.79. The first-order chi connectivity index (χ1) is 11.1. The maximum atomic E-state index is 13.8. The molecule has 3 fully saturated rings. The van der Waals surface area contributed by atoms with E-state index in [0.717, 1.165) is 31.9 Å². The first-order valence-corrected chi connectivity index (χ1v) is 8.35. The third-order valence-electron chi connectivity index (χ3n) is 5.30. The van der Waals surface area contributed by atoms with E-state index in [1.165, 1.54) is 12.3 Å². The van der Waals surface area contributed by atoms with Crippen molar-refractivity contribution in [2.75, 3.05) is 13.1 Å². The molecule has 0 aromatic carbocycles. The standard InChI is InChI=1S/C17H20FN3O2/c18-14-9-19-7-5-13(14)17(23)20-8-6-15-11(10-20)1-4-16(22)21(15)12-2-3-12/h5,7,9,11-12,15H,1-4,6,8,10H2/t11-,15-/m1/s1. The van der Waals surface area contributed by atoms with Crippen LogP contribution in [0.3, 0.4) is 0 Å². The molecule has 23 heavy (non-hydrogen) atoms. The second-order valence-corrected chi connectivity index (χ2v) is 6.79. The highest BCUT2D eigenvalue weighted by Crippen LogP contribution is 2.39. The fourth-order valence-electron chi connectivity index (χ4n) is 4.02. The Labute approximate surface area is 134 Å². The number of fused-ring (bicyclic) bond motifs is 1. The van der Waals surface area contributed by atoms with Gasteiger partial charge in [-0.25, -0.2) is 4.39 Å². The number of carbonyl (C=O) groups excluding carboxylic acids is 2. The van der Waals surface area contributed by atoms with E-state index < -0.39 is 5.82 Å². The average molecular weight is 317 g/mol. The lowest BCUT2D eigenvalue weighted by Gasteiger charge is -2.47. The molecule has 0 bridgehead atoms. The first kappa shape index (κ1) is 14.6. The number of likely N-dealkylation sites (tertiary alicyclic amines) is 2. The highest BCUT2D eigenvalue weighted by Gasteiger charge is 2.45. The van der Waals surface area contributed by atoms with Crippen LogP contribution in [-0.4, -0.2) is 51.8 Å². The largest absolute Gasteiger partial charge is 0.338 e. The van der Waals surface area contributed by atoms with Gasteiger partial charge in [-0.1, -0.05) is 0 Å². The molecule has 3 aliphatic rings. The van der Waals surface area contributed by atoms with Gasteiger partial charge < -0.3 is 9.80 Å². The van der Waals surface area contributed by atoms with Crippen LogP contribution in [-0.2, 0) is 4.79 Å². The van der Waals surface area contributed by atoms with Gasteiger partial charge in [0.05, 0.1) is 11.8 Å². The molecule has 0 unspecified atom stereocenters. The van der Waals surface area contributed by atoms with Gasteiger partial charge in [0.15, 0.2) is 5.82 Å². The highest BCUT2D eigenvalue weighted by atomic mass is 19.1. The van der Waals surface area contributed by atoms with Gasteiger partial charge in [0.25, 0.3) is 5.91 Å². The number of hydrogen-bond acceptors (Lipinski definition) is 3. The summed E-state index contributed by atoms with van der Waals surface area (Å²) in [4.78, 5) is 32.3. The Morgan fingerprint density at radius 3 is 2.83 bits per heavy atom. The number of amides is 2. The maximum absolute atomic E-state index is 13.8. The number of rotatable bonds is 2. The summed E-state index contributed by atoms with van der Waals surface area (Å²) in [5, 5.41) is 0. The maximum Gasteiger partial charge on any atom is 0.256 e. The fraction of sp³-hybridized carbons (Fsp3) is 0.588. The van der Waals surface area contributed by atoms with Crippen LogP contribution >= 0.6 is 0 Å². The number of nitrogens with zero attached hydrogens (tertiary/aromatic N) is 3. The number of halogens is 1. The SMILES string of the molecule is O=C(c1ccncc1F)N1CC[C@@H]2[C@H](CCC(=O)N2C2CC2)C1. The lowest BCUT2D eigenvalue weighted by molar-refractivity contribution is -0.141. The highest BCUT2D eigenvalue weighted by molar-refractivity contribution is 5.94. The summed E-state index contributed by atoms with van der Waals surface area (Å²) < 4.78 is 13.8. The van der Waals surface area contributed by atoms with Crippen LogP contribution in [0, 0.1) is 11.7 Å². The molecule has 1 aromatic heterocycles. The van der Waals surface area contributed by atoms with Gasteiger partial charge >= 0.3 is 0 Å². The quantitative estimate of drug-likeness (QED) is 0.836. The van der Waals surface area contributed by atoms with Gasteiger partial charge in [0.1, 0.15) is 0 Å². The number of pyridine rings is 1. The number of carbonyl (C=O) groups is 2. The van der Waals surface area contributed by atoms with Gasteiger partial charge in [-0.3, -0.25) is 14.6 Å². The third kappa shape index (κ3) is 2.60. The fourth-order valence-corrected chi connectivity index (χ4v) is 4.02. The summed E-state index contributed by atoms with van der Waals surface area (Å²) in [5.74, 6) is -0.249. The van der Waals surface area contributed by atoms with Gasteiger partial charge in [-0.05, 0) is 37.7 Å². The molecule has 4 rings (SSSR count). The van der Waals surface area contributed by atoms with Crippen LogP contribution < -0.4 is 0 Å². The van der Waals surface area contributed by atoms with E-state index in [0.29, 0.717) is 31.5 Å². The zero-order valence-electron chi connectivity index (χ0n) is 12.9. The molecule has 2 atom stereocenters. The van der Waals surface area contributed by atoms with E-state index in [9.17, 15) is 14.0 Å². The molecule has 0 spiro atoms. The Kier molecular flexibility index (Phi) is 3.54. The molecule has 3 heterocycles. The molecule has 0 radical (unpaired) electrons. The van der Waals surface area contributed by atoms with Gasteiger partial charge in [-0.2, -0.15) is 0 Å². The molecule has 122 valence electrons. The molecule has 6 heteroatoms. The number of piperidine rings is 2. The smallest absolute Gasteiger partial charge is 0.256 e. The van der Waals surface area contributed by atoms with E-state index in [-0.39, 0.29) is 23.4 Å². The summed E-state index contributed by atoms with van der Waals surface area (Å²) >= 11 is 0. The molecule has 1 saturated carbocycles. The van der Waals surface area contributed by atoms with Crippen LogP contribution in [0.1, 0.15) is 42.5 Å². The zero-order valence-corrected chi connectivity index (χ0v) is 12.9. The topological polar surface area (TPSA) is 53.5 Å². The Morgan fingerprint density at radius 2 is 2.09 bits per heavy atom. The van der Waals surface area contributed by atoms with E-state index >= 15 is 0 Å². The predicted octanol–water partition coefficient (Wildman–Crippen LogP) is 1.84. The molecule has 2 saturated heterocycles. The molecule has 1 aromatic rings. The van der Waals surface area contributed by atoms with Crippen molar-refractivity contribution in [3.63, 3.8) is 0 Å². The van der Waals surface area contributed by atoms with Crippen molar-refractivity contribution >= 4 is 11.8 Å². The van der Waals surface area contributed by atoms with Crippen molar-refractivity contribution in [3.8, 4) is 0 Å². The summed E-state index contributed by atoms with van der Waals surface area (Å²) in [7, 11) is 0. The Hall–Kier alpha value is -1.98. The Bertz CT molecular complexity index is 646. The van der Waals surface area contributed by atoms with Crippen LogP contribution in [0.5, 0.6) is 0 Å². The van der Waals surface area contributed by atoms with Crippen molar-refractivity contribution in [1.82, 2.24) is 14.8 Å². The van der Waals surface area contributed by atoms with Gasteiger partial charge in [0.2, 0.25) is 5.91 Å². The predicted molar refractivity (Wildman–Crippen MR) is 81.1 cm³/mol. The second kappa shape index (κ2) is 5.58. The molecular formula is C17H20FN3O2. The minimum absolute atomic E-state index is 0.0874. The monoisotopic (exact) mass is 317 g/mol. The van der Waals surface area contributed by atoms with Crippen molar-refractivity contribution in [2.24, 2.45) is 5.92 Å². The van der Waals surface area contributed by atoms with Crippen LogP contribution in [0.4, 0.5) is 4.39 Å². The van der Waals surface area contributed by atoms with Crippen LogP contribution in [0.2, 0.25) is 0 Å². The Morgan fingerprint density at radius 1 is 1.26 bits per heavy atom. The van der Waals surface area contributed by atoms with Crippen molar-refractivity contribution in [2.45, 2.75) is 44.2 Å². The van der Waals surface area contributed by atoms with E-state index in [1.54, 1.807) is 4.90 Å². The van der Waals surface area contributed by atoms with Gasteiger partial charge in [-0.15, -0.1) is 0 Å².